The number of H-pyrrole nitrogens is 1. The fourth-order valence-electron chi connectivity index (χ4n) is 3.97. The lowest BCUT2D eigenvalue weighted by atomic mass is 10.1. The number of pyridine rings is 1. The molecule has 2 aromatic carbocycles. The fraction of sp³-hybridized carbons (Fsp3) is 0.160. The van der Waals surface area contributed by atoms with Crippen LogP contribution in [0.15, 0.2) is 78.1 Å². The summed E-state index contributed by atoms with van der Waals surface area (Å²) >= 11 is 0. The lowest BCUT2D eigenvalue weighted by Gasteiger charge is -2.25. The number of anilines is 3. The molecular formula is C25H22N8O2. The maximum atomic E-state index is 11.4. The van der Waals surface area contributed by atoms with Gasteiger partial charge < -0.3 is 19.9 Å². The molecule has 6 rings (SSSR count). The van der Waals surface area contributed by atoms with Gasteiger partial charge in [-0.25, -0.2) is 14.6 Å². The van der Waals surface area contributed by atoms with Gasteiger partial charge in [0.05, 0.1) is 24.4 Å². The van der Waals surface area contributed by atoms with Crippen molar-refractivity contribution in [3.05, 3.63) is 83.7 Å². The van der Waals surface area contributed by atoms with Crippen molar-refractivity contribution in [3.8, 4) is 16.8 Å². The number of benzene rings is 2. The maximum absolute atomic E-state index is 11.4. The van der Waals surface area contributed by atoms with Crippen LogP contribution in [-0.4, -0.2) is 56.0 Å². The van der Waals surface area contributed by atoms with E-state index in [9.17, 15) is 4.79 Å². The number of hydrogen-bond acceptors (Lipinski definition) is 8. The normalized spacial score (nSPS) is 13.8. The van der Waals surface area contributed by atoms with Crippen LogP contribution >= 0.6 is 0 Å². The third-order valence-electron chi connectivity index (χ3n) is 5.86. The number of fused-ring (bicyclic) bond motifs is 1. The molecule has 10 heteroatoms. The Balaban J connectivity index is 1.20. The third kappa shape index (κ3) is 4.46. The van der Waals surface area contributed by atoms with E-state index < -0.39 is 0 Å². The van der Waals surface area contributed by atoms with Gasteiger partial charge in [0.2, 0.25) is 17.5 Å². The Morgan fingerprint density at radius 1 is 0.943 bits per heavy atom. The van der Waals surface area contributed by atoms with E-state index in [0.29, 0.717) is 25.1 Å². The first-order chi connectivity index (χ1) is 17.2. The van der Waals surface area contributed by atoms with Gasteiger partial charge in [-0.05, 0) is 47.5 Å². The topological polar surface area (TPSA) is 114 Å². The van der Waals surface area contributed by atoms with E-state index in [1.165, 1.54) is 6.07 Å². The first-order valence-electron chi connectivity index (χ1n) is 11.3. The number of aromatic nitrogens is 6. The molecule has 0 radical (unpaired) electrons. The van der Waals surface area contributed by atoms with Crippen LogP contribution in [0.25, 0.3) is 27.7 Å². The quantitative estimate of drug-likeness (QED) is 0.406. The van der Waals surface area contributed by atoms with Crippen molar-refractivity contribution in [1.29, 1.82) is 0 Å². The summed E-state index contributed by atoms with van der Waals surface area (Å²) in [5, 5.41) is 8.79. The molecule has 174 valence electrons. The van der Waals surface area contributed by atoms with Crippen LogP contribution in [0.3, 0.4) is 0 Å². The SMILES string of the molecule is O=c1ccc(-c2ccc3cnc(Nc4ccc(-n5cnc(N6CCOCC6)n5)cc4)nc3c2)c[nH]1. The number of ether oxygens (including phenoxy) is 1. The molecule has 4 heterocycles. The van der Waals surface area contributed by atoms with Gasteiger partial charge in [0.15, 0.2) is 0 Å². The zero-order valence-corrected chi connectivity index (χ0v) is 18.8. The smallest absolute Gasteiger partial charge is 0.247 e. The highest BCUT2D eigenvalue weighted by molar-refractivity contribution is 5.84. The monoisotopic (exact) mass is 466 g/mol. The summed E-state index contributed by atoms with van der Waals surface area (Å²) in [6.07, 6.45) is 5.21. The van der Waals surface area contributed by atoms with E-state index in [1.807, 2.05) is 42.5 Å². The molecule has 0 atom stereocenters. The minimum Gasteiger partial charge on any atom is -0.378 e. The van der Waals surface area contributed by atoms with Crippen LogP contribution in [0.5, 0.6) is 0 Å². The van der Waals surface area contributed by atoms with Gasteiger partial charge in [-0.2, -0.15) is 4.98 Å². The van der Waals surface area contributed by atoms with Crippen LogP contribution in [0.2, 0.25) is 0 Å². The van der Waals surface area contributed by atoms with E-state index in [2.05, 4.69) is 35.3 Å². The summed E-state index contributed by atoms with van der Waals surface area (Å²) in [5.74, 6) is 1.21. The largest absolute Gasteiger partial charge is 0.378 e. The van der Waals surface area contributed by atoms with Crippen LogP contribution in [0.4, 0.5) is 17.6 Å². The molecule has 1 saturated heterocycles. The predicted molar refractivity (Wildman–Crippen MR) is 133 cm³/mol. The standard InChI is InChI=1S/C25H22N8O2/c34-23-8-3-18(14-26-23)17-1-2-19-15-27-24(30-22(19)13-17)29-20-4-6-21(7-5-20)33-16-28-25(31-33)32-9-11-35-12-10-32/h1-8,13-16H,9-12H2,(H,26,34)(H,27,29,30). The van der Waals surface area contributed by atoms with Crippen molar-refractivity contribution in [2.45, 2.75) is 0 Å². The molecule has 0 bridgehead atoms. The Morgan fingerprint density at radius 2 is 1.77 bits per heavy atom. The molecule has 2 N–H and O–H groups in total. The second-order valence-electron chi connectivity index (χ2n) is 8.17. The molecule has 0 spiro atoms. The molecule has 0 aliphatic carbocycles. The molecule has 1 aliphatic heterocycles. The van der Waals surface area contributed by atoms with Gasteiger partial charge in [0, 0.05) is 42.6 Å². The molecule has 0 amide bonds. The van der Waals surface area contributed by atoms with E-state index in [-0.39, 0.29) is 5.56 Å². The Morgan fingerprint density at radius 3 is 2.57 bits per heavy atom. The van der Waals surface area contributed by atoms with Gasteiger partial charge >= 0.3 is 0 Å². The molecule has 0 unspecified atom stereocenters. The Bertz CT molecular complexity index is 1520. The number of hydrogen-bond donors (Lipinski definition) is 2. The summed E-state index contributed by atoms with van der Waals surface area (Å²) in [5.41, 5.74) is 4.33. The number of rotatable bonds is 5. The van der Waals surface area contributed by atoms with Crippen molar-refractivity contribution < 1.29 is 4.74 Å². The minimum atomic E-state index is -0.129. The molecular weight excluding hydrogens is 444 g/mol. The minimum absolute atomic E-state index is 0.129. The lowest BCUT2D eigenvalue weighted by molar-refractivity contribution is 0.122. The van der Waals surface area contributed by atoms with E-state index >= 15 is 0 Å². The van der Waals surface area contributed by atoms with Crippen LogP contribution in [0.1, 0.15) is 0 Å². The summed E-state index contributed by atoms with van der Waals surface area (Å²) in [7, 11) is 0. The maximum Gasteiger partial charge on any atom is 0.247 e. The van der Waals surface area contributed by atoms with Crippen molar-refractivity contribution in [2.24, 2.45) is 0 Å². The molecule has 3 aromatic heterocycles. The van der Waals surface area contributed by atoms with Crippen molar-refractivity contribution >= 4 is 28.5 Å². The van der Waals surface area contributed by atoms with Gasteiger partial charge in [-0.1, -0.05) is 12.1 Å². The molecule has 1 aliphatic rings. The number of nitrogens with one attached hydrogen (secondary N) is 2. The predicted octanol–water partition coefficient (Wildman–Crippen LogP) is 3.15. The third-order valence-corrected chi connectivity index (χ3v) is 5.86. The number of aromatic amines is 1. The molecule has 5 aromatic rings. The van der Waals surface area contributed by atoms with Crippen LogP contribution in [0, 0.1) is 0 Å². The van der Waals surface area contributed by atoms with E-state index in [0.717, 1.165) is 46.5 Å². The van der Waals surface area contributed by atoms with Crippen LogP contribution in [-0.2, 0) is 4.74 Å². The zero-order valence-electron chi connectivity index (χ0n) is 18.8. The summed E-state index contributed by atoms with van der Waals surface area (Å²) < 4.78 is 7.16. The van der Waals surface area contributed by atoms with Gasteiger partial charge in [0.1, 0.15) is 6.33 Å². The molecule has 1 fully saturated rings. The Kier molecular flexibility index (Phi) is 5.39. The number of morpholine rings is 1. The second kappa shape index (κ2) is 8.99. The average Bonchev–Trinajstić information content (AvgIpc) is 3.40. The molecule has 35 heavy (non-hydrogen) atoms. The Hall–Kier alpha value is -4.57. The lowest BCUT2D eigenvalue weighted by Crippen LogP contribution is -2.37. The summed E-state index contributed by atoms with van der Waals surface area (Å²) in [4.78, 5) is 29.7. The van der Waals surface area contributed by atoms with Crippen molar-refractivity contribution in [3.63, 3.8) is 0 Å². The number of nitrogens with zero attached hydrogens (tertiary/aromatic N) is 6. The van der Waals surface area contributed by atoms with Crippen LogP contribution < -0.4 is 15.8 Å². The Labute approximate surface area is 200 Å². The fourth-order valence-corrected chi connectivity index (χ4v) is 3.97. The first-order valence-corrected chi connectivity index (χ1v) is 11.3. The first kappa shape index (κ1) is 21.0. The second-order valence-corrected chi connectivity index (χ2v) is 8.17. The van der Waals surface area contributed by atoms with E-state index in [1.54, 1.807) is 29.5 Å². The van der Waals surface area contributed by atoms with Crippen molar-refractivity contribution in [1.82, 2.24) is 29.7 Å². The highest BCUT2D eigenvalue weighted by Crippen LogP contribution is 2.24. The molecule has 0 saturated carbocycles. The highest BCUT2D eigenvalue weighted by atomic mass is 16.5. The van der Waals surface area contributed by atoms with Gasteiger partial charge in [-0.3, -0.25) is 4.79 Å². The highest BCUT2D eigenvalue weighted by Gasteiger charge is 2.15. The summed E-state index contributed by atoms with van der Waals surface area (Å²) in [6.45, 7) is 2.98. The average molecular weight is 467 g/mol. The van der Waals surface area contributed by atoms with Gasteiger partial charge in [0.25, 0.3) is 0 Å². The van der Waals surface area contributed by atoms with E-state index in [4.69, 9.17) is 4.74 Å². The summed E-state index contributed by atoms with van der Waals surface area (Å²) in [6, 6.07) is 17.1. The molecule has 10 nitrogen and oxygen atoms in total. The van der Waals surface area contributed by atoms with Crippen molar-refractivity contribution in [2.75, 3.05) is 36.5 Å². The van der Waals surface area contributed by atoms with Gasteiger partial charge in [-0.15, -0.1) is 5.10 Å². The zero-order chi connectivity index (χ0) is 23.6.